The highest BCUT2D eigenvalue weighted by molar-refractivity contribution is 5.77. The van der Waals surface area contributed by atoms with Crippen molar-refractivity contribution in [1.82, 2.24) is 5.32 Å². The highest BCUT2D eigenvalue weighted by atomic mass is 19.1. The second-order valence-electron chi connectivity index (χ2n) is 5.47. The van der Waals surface area contributed by atoms with E-state index in [1.807, 2.05) is 0 Å². The predicted octanol–water partition coefficient (Wildman–Crippen LogP) is 2.58. The summed E-state index contributed by atoms with van der Waals surface area (Å²) in [6, 6.07) is 9.97. The van der Waals surface area contributed by atoms with Crippen molar-refractivity contribution in [3.63, 3.8) is 0 Å². The average molecular weight is 335 g/mol. The molecule has 1 atom stereocenters. The van der Waals surface area contributed by atoms with Gasteiger partial charge in [0, 0.05) is 11.6 Å². The van der Waals surface area contributed by atoms with Gasteiger partial charge >= 0.3 is 0 Å². The number of rotatable bonds is 7. The summed E-state index contributed by atoms with van der Waals surface area (Å²) >= 11 is 0. The largest absolute Gasteiger partial charge is 0.484 e. The van der Waals surface area contributed by atoms with E-state index in [0.717, 1.165) is 0 Å². The number of halogens is 2. The van der Waals surface area contributed by atoms with Gasteiger partial charge in [0.15, 0.2) is 6.61 Å². The van der Waals surface area contributed by atoms with Gasteiger partial charge in [-0.1, -0.05) is 18.2 Å². The Balaban J connectivity index is 1.85. The molecule has 2 rings (SSSR count). The number of carbonyl (C=O) groups excluding carboxylic acids is 1. The molecule has 0 aliphatic heterocycles. The van der Waals surface area contributed by atoms with Gasteiger partial charge in [-0.2, -0.15) is 0 Å². The van der Waals surface area contributed by atoms with E-state index in [4.69, 9.17) is 9.84 Å². The number of aliphatic hydroxyl groups is 1. The van der Waals surface area contributed by atoms with Crippen LogP contribution in [0.3, 0.4) is 0 Å². The summed E-state index contributed by atoms with van der Waals surface area (Å²) in [6.45, 7) is 1.32. The first-order chi connectivity index (χ1) is 11.5. The van der Waals surface area contributed by atoms with Crippen molar-refractivity contribution < 1.29 is 23.4 Å². The van der Waals surface area contributed by atoms with Crippen molar-refractivity contribution in [2.24, 2.45) is 0 Å². The molecule has 0 radical (unpaired) electrons. The molecule has 2 aromatic carbocycles. The number of aliphatic hydroxyl groups excluding tert-OH is 1. The van der Waals surface area contributed by atoms with Crippen LogP contribution in [0.2, 0.25) is 0 Å². The van der Waals surface area contributed by atoms with E-state index in [1.165, 1.54) is 18.2 Å². The quantitative estimate of drug-likeness (QED) is 0.818. The lowest BCUT2D eigenvalue weighted by molar-refractivity contribution is -0.123. The molecule has 0 heterocycles. The topological polar surface area (TPSA) is 58.6 Å². The Morgan fingerprint density at radius 1 is 1.21 bits per heavy atom. The van der Waals surface area contributed by atoms with Crippen LogP contribution in [0.1, 0.15) is 18.1 Å². The lowest BCUT2D eigenvalue weighted by atomic mass is 10.1. The highest BCUT2D eigenvalue weighted by Crippen LogP contribution is 2.15. The SMILES string of the molecule is CC(Cc1c(F)cccc1F)NC(=O)COc1cccc(CO)c1. The molecule has 0 aromatic heterocycles. The van der Waals surface area contributed by atoms with E-state index in [1.54, 1.807) is 31.2 Å². The van der Waals surface area contributed by atoms with Crippen molar-refractivity contribution in [1.29, 1.82) is 0 Å². The molecular weight excluding hydrogens is 316 g/mol. The molecule has 24 heavy (non-hydrogen) atoms. The first-order valence-electron chi connectivity index (χ1n) is 7.54. The van der Waals surface area contributed by atoms with Crippen LogP contribution in [0.25, 0.3) is 0 Å². The van der Waals surface area contributed by atoms with Crippen molar-refractivity contribution in [2.75, 3.05) is 6.61 Å². The van der Waals surface area contributed by atoms with Crippen LogP contribution in [0.15, 0.2) is 42.5 Å². The van der Waals surface area contributed by atoms with Crippen LogP contribution in [-0.4, -0.2) is 23.7 Å². The number of hydrogen-bond acceptors (Lipinski definition) is 3. The summed E-state index contributed by atoms with van der Waals surface area (Å²) in [5, 5.41) is 11.7. The van der Waals surface area contributed by atoms with Crippen LogP contribution >= 0.6 is 0 Å². The molecule has 6 heteroatoms. The van der Waals surface area contributed by atoms with Gasteiger partial charge in [-0.25, -0.2) is 8.78 Å². The van der Waals surface area contributed by atoms with E-state index in [-0.39, 0.29) is 25.2 Å². The molecule has 0 bridgehead atoms. The highest BCUT2D eigenvalue weighted by Gasteiger charge is 2.14. The van der Waals surface area contributed by atoms with Crippen molar-refractivity contribution in [3.8, 4) is 5.75 Å². The molecule has 1 amide bonds. The van der Waals surface area contributed by atoms with Gasteiger partial charge in [0.2, 0.25) is 0 Å². The average Bonchev–Trinajstić information content (AvgIpc) is 2.56. The number of amides is 1. The van der Waals surface area contributed by atoms with Gasteiger partial charge in [-0.15, -0.1) is 0 Å². The van der Waals surface area contributed by atoms with Crippen LogP contribution < -0.4 is 10.1 Å². The monoisotopic (exact) mass is 335 g/mol. The number of carbonyl (C=O) groups is 1. The molecule has 0 aliphatic rings. The smallest absolute Gasteiger partial charge is 0.258 e. The van der Waals surface area contributed by atoms with E-state index >= 15 is 0 Å². The van der Waals surface area contributed by atoms with E-state index in [9.17, 15) is 13.6 Å². The molecule has 0 saturated heterocycles. The van der Waals surface area contributed by atoms with E-state index in [2.05, 4.69) is 5.32 Å². The zero-order valence-electron chi connectivity index (χ0n) is 13.3. The number of ether oxygens (including phenoxy) is 1. The maximum atomic E-state index is 13.6. The third-order valence-corrected chi connectivity index (χ3v) is 3.43. The van der Waals surface area contributed by atoms with Gasteiger partial charge in [0.05, 0.1) is 6.61 Å². The fourth-order valence-electron chi connectivity index (χ4n) is 2.28. The Labute approximate surface area is 139 Å². The molecule has 1 unspecified atom stereocenters. The zero-order valence-corrected chi connectivity index (χ0v) is 13.3. The molecule has 4 nitrogen and oxygen atoms in total. The minimum atomic E-state index is -0.631. The summed E-state index contributed by atoms with van der Waals surface area (Å²) in [5.74, 6) is -1.19. The van der Waals surface area contributed by atoms with Crippen LogP contribution in [0, 0.1) is 11.6 Å². The first kappa shape index (κ1) is 17.9. The number of benzene rings is 2. The lowest BCUT2D eigenvalue weighted by Gasteiger charge is -2.15. The fraction of sp³-hybridized carbons (Fsp3) is 0.278. The molecule has 0 spiro atoms. The first-order valence-corrected chi connectivity index (χ1v) is 7.54. The Morgan fingerprint density at radius 3 is 2.54 bits per heavy atom. The maximum Gasteiger partial charge on any atom is 0.258 e. The summed E-state index contributed by atoms with van der Waals surface area (Å²) < 4.78 is 32.5. The van der Waals surface area contributed by atoms with Crippen molar-refractivity contribution in [3.05, 3.63) is 65.2 Å². The zero-order chi connectivity index (χ0) is 17.5. The predicted molar refractivity (Wildman–Crippen MR) is 85.5 cm³/mol. The van der Waals surface area contributed by atoms with Gasteiger partial charge in [0.25, 0.3) is 5.91 Å². The Morgan fingerprint density at radius 2 is 1.88 bits per heavy atom. The summed E-state index contributed by atoms with van der Waals surface area (Å²) in [5.41, 5.74) is 0.623. The van der Waals surface area contributed by atoms with Crippen LogP contribution in [0.5, 0.6) is 5.75 Å². The Hall–Kier alpha value is -2.47. The summed E-state index contributed by atoms with van der Waals surface area (Å²) in [6.07, 6.45) is 0.0459. The Bertz CT molecular complexity index is 686. The maximum absolute atomic E-state index is 13.6. The molecule has 0 fully saturated rings. The molecule has 0 aliphatic carbocycles. The summed E-state index contributed by atoms with van der Waals surface area (Å²) in [7, 11) is 0. The van der Waals surface area contributed by atoms with E-state index in [0.29, 0.717) is 11.3 Å². The minimum absolute atomic E-state index is 0.0459. The third kappa shape index (κ3) is 5.03. The second-order valence-corrected chi connectivity index (χ2v) is 5.47. The van der Waals surface area contributed by atoms with Gasteiger partial charge in [0.1, 0.15) is 17.4 Å². The van der Waals surface area contributed by atoms with Crippen molar-refractivity contribution >= 4 is 5.91 Å². The third-order valence-electron chi connectivity index (χ3n) is 3.43. The Kier molecular flexibility index (Phi) is 6.26. The van der Waals surface area contributed by atoms with Crippen molar-refractivity contribution in [2.45, 2.75) is 26.0 Å². The normalized spacial score (nSPS) is 11.8. The standard InChI is InChI=1S/C18H19F2NO3/c1-12(8-15-16(19)6-3-7-17(15)20)21-18(23)11-24-14-5-2-4-13(9-14)10-22/h2-7,9,12,22H,8,10-11H2,1H3,(H,21,23). The molecule has 0 saturated carbocycles. The number of nitrogens with one attached hydrogen (secondary N) is 1. The van der Waals surface area contributed by atoms with E-state index < -0.39 is 23.6 Å². The second kappa shape index (κ2) is 8.40. The van der Waals surface area contributed by atoms with Crippen LogP contribution in [0.4, 0.5) is 8.78 Å². The van der Waals surface area contributed by atoms with Crippen LogP contribution in [-0.2, 0) is 17.8 Å². The molecule has 2 aromatic rings. The number of hydrogen-bond donors (Lipinski definition) is 2. The summed E-state index contributed by atoms with van der Waals surface area (Å²) in [4.78, 5) is 11.9. The van der Waals surface area contributed by atoms with Gasteiger partial charge in [-0.05, 0) is 43.2 Å². The lowest BCUT2D eigenvalue weighted by Crippen LogP contribution is -2.37. The minimum Gasteiger partial charge on any atom is -0.484 e. The molecule has 128 valence electrons. The van der Waals surface area contributed by atoms with Gasteiger partial charge in [-0.3, -0.25) is 4.79 Å². The molecular formula is C18H19F2NO3. The fourth-order valence-corrected chi connectivity index (χ4v) is 2.28. The van der Waals surface area contributed by atoms with Gasteiger partial charge < -0.3 is 15.2 Å². The molecule has 2 N–H and O–H groups in total.